The van der Waals surface area contributed by atoms with Crippen LogP contribution in [0.2, 0.25) is 0 Å². The van der Waals surface area contributed by atoms with Crippen molar-refractivity contribution in [1.29, 1.82) is 0 Å². The molecule has 2 heteroatoms. The largest absolute Gasteiger partial charge is 0.306 e. The Kier molecular flexibility index (Phi) is 5.31. The lowest BCUT2D eigenvalue weighted by Crippen LogP contribution is -2.20. The molecule has 20 heavy (non-hydrogen) atoms. The highest BCUT2D eigenvalue weighted by atomic mass is 19.1. The zero-order valence-electron chi connectivity index (χ0n) is 12.2. The molecule has 2 aromatic rings. The fourth-order valence-corrected chi connectivity index (χ4v) is 2.35. The molecule has 0 fully saturated rings. The molecule has 0 radical (unpaired) electrons. The second-order valence-electron chi connectivity index (χ2n) is 5.22. The Morgan fingerprint density at radius 2 is 1.85 bits per heavy atom. The summed E-state index contributed by atoms with van der Waals surface area (Å²) in [6.07, 6.45) is 2.20. The first-order chi connectivity index (χ1) is 9.70. The first kappa shape index (κ1) is 14.7. The van der Waals surface area contributed by atoms with Crippen molar-refractivity contribution < 1.29 is 4.39 Å². The molecule has 0 amide bonds. The quantitative estimate of drug-likeness (QED) is 0.798. The van der Waals surface area contributed by atoms with Gasteiger partial charge in [-0.1, -0.05) is 55.8 Å². The van der Waals surface area contributed by atoms with Gasteiger partial charge in [0.25, 0.3) is 0 Å². The second kappa shape index (κ2) is 7.20. The van der Waals surface area contributed by atoms with Crippen molar-refractivity contribution in [2.75, 3.05) is 0 Å². The molecule has 0 spiro atoms. The highest BCUT2D eigenvalue weighted by Crippen LogP contribution is 2.19. The third-order valence-corrected chi connectivity index (χ3v) is 3.57. The van der Waals surface area contributed by atoms with Crippen molar-refractivity contribution in [1.82, 2.24) is 5.32 Å². The summed E-state index contributed by atoms with van der Waals surface area (Å²) < 4.78 is 13.5. The van der Waals surface area contributed by atoms with Crippen LogP contribution in [-0.4, -0.2) is 0 Å². The van der Waals surface area contributed by atoms with E-state index >= 15 is 0 Å². The van der Waals surface area contributed by atoms with Gasteiger partial charge < -0.3 is 5.32 Å². The highest BCUT2D eigenvalue weighted by Gasteiger charge is 2.09. The first-order valence-corrected chi connectivity index (χ1v) is 7.24. The summed E-state index contributed by atoms with van der Waals surface area (Å²) in [4.78, 5) is 0. The van der Waals surface area contributed by atoms with E-state index in [1.165, 1.54) is 5.56 Å². The van der Waals surface area contributed by atoms with Crippen LogP contribution >= 0.6 is 0 Å². The molecule has 2 aromatic carbocycles. The molecule has 0 heterocycles. The number of benzene rings is 2. The molecule has 0 saturated carbocycles. The summed E-state index contributed by atoms with van der Waals surface area (Å²) in [7, 11) is 0. The Bertz CT molecular complexity index is 536. The van der Waals surface area contributed by atoms with Gasteiger partial charge in [-0.25, -0.2) is 4.39 Å². The van der Waals surface area contributed by atoms with E-state index in [4.69, 9.17) is 0 Å². The first-order valence-electron chi connectivity index (χ1n) is 7.24. The topological polar surface area (TPSA) is 12.0 Å². The molecule has 1 unspecified atom stereocenters. The second-order valence-corrected chi connectivity index (χ2v) is 5.22. The van der Waals surface area contributed by atoms with Crippen molar-refractivity contribution in [3.63, 3.8) is 0 Å². The number of halogens is 1. The van der Waals surface area contributed by atoms with Crippen molar-refractivity contribution in [2.24, 2.45) is 0 Å². The van der Waals surface area contributed by atoms with Gasteiger partial charge in [-0.2, -0.15) is 0 Å². The maximum Gasteiger partial charge on any atom is 0.126 e. The van der Waals surface area contributed by atoms with E-state index in [2.05, 4.69) is 36.5 Å². The molecule has 0 aliphatic carbocycles. The summed E-state index contributed by atoms with van der Waals surface area (Å²) >= 11 is 0. The lowest BCUT2D eigenvalue weighted by Gasteiger charge is -2.19. The van der Waals surface area contributed by atoms with Gasteiger partial charge in [0, 0.05) is 12.6 Å². The van der Waals surface area contributed by atoms with E-state index in [0.29, 0.717) is 18.2 Å². The highest BCUT2D eigenvalue weighted by molar-refractivity contribution is 5.24. The van der Waals surface area contributed by atoms with Gasteiger partial charge >= 0.3 is 0 Å². The molecule has 1 atom stereocenters. The molecule has 0 saturated heterocycles. The SMILES string of the molecule is CCCC(NCc1ccc(C)c(F)c1)c1ccccc1. The summed E-state index contributed by atoms with van der Waals surface area (Å²) in [6.45, 7) is 4.66. The van der Waals surface area contributed by atoms with Crippen LogP contribution in [0, 0.1) is 12.7 Å². The van der Waals surface area contributed by atoms with Crippen LogP contribution in [0.5, 0.6) is 0 Å². The van der Waals surface area contributed by atoms with Crippen molar-refractivity contribution in [3.05, 3.63) is 71.0 Å². The van der Waals surface area contributed by atoms with E-state index in [9.17, 15) is 4.39 Å². The summed E-state index contributed by atoms with van der Waals surface area (Å²) in [5.74, 6) is -0.129. The third kappa shape index (κ3) is 3.91. The fourth-order valence-electron chi connectivity index (χ4n) is 2.35. The van der Waals surface area contributed by atoms with Gasteiger partial charge in [-0.3, -0.25) is 0 Å². The van der Waals surface area contributed by atoms with E-state index in [1.54, 1.807) is 13.0 Å². The lowest BCUT2D eigenvalue weighted by molar-refractivity contribution is 0.492. The van der Waals surface area contributed by atoms with Crippen molar-refractivity contribution >= 4 is 0 Å². The van der Waals surface area contributed by atoms with Gasteiger partial charge in [0.1, 0.15) is 5.82 Å². The average molecular weight is 271 g/mol. The van der Waals surface area contributed by atoms with Gasteiger partial charge in [0.15, 0.2) is 0 Å². The molecule has 0 aliphatic heterocycles. The van der Waals surface area contributed by atoms with Crippen molar-refractivity contribution in [3.8, 4) is 0 Å². The standard InChI is InChI=1S/C18H22FN/c1-3-7-18(16-8-5-4-6-9-16)20-13-15-11-10-14(2)17(19)12-15/h4-6,8-12,18,20H,3,7,13H2,1-2H3. The lowest BCUT2D eigenvalue weighted by atomic mass is 10.0. The van der Waals surface area contributed by atoms with Gasteiger partial charge in [0.2, 0.25) is 0 Å². The number of hydrogen-bond acceptors (Lipinski definition) is 1. The zero-order valence-corrected chi connectivity index (χ0v) is 12.2. The molecular weight excluding hydrogens is 249 g/mol. The van der Waals surface area contributed by atoms with Crippen LogP contribution in [-0.2, 0) is 6.54 Å². The minimum absolute atomic E-state index is 0.129. The number of rotatable bonds is 6. The van der Waals surface area contributed by atoms with Crippen LogP contribution in [0.15, 0.2) is 48.5 Å². The summed E-state index contributed by atoms with van der Waals surface area (Å²) in [5.41, 5.74) is 2.98. The summed E-state index contributed by atoms with van der Waals surface area (Å²) in [5, 5.41) is 3.53. The maximum absolute atomic E-state index is 13.5. The summed E-state index contributed by atoms with van der Waals surface area (Å²) in [6, 6.07) is 16.2. The number of aryl methyl sites for hydroxylation is 1. The van der Waals surface area contributed by atoms with Crippen LogP contribution in [0.1, 0.15) is 42.5 Å². The van der Waals surface area contributed by atoms with Crippen LogP contribution in [0.25, 0.3) is 0 Å². The Labute approximate surface area is 120 Å². The predicted octanol–water partition coefficient (Wildman–Crippen LogP) is 4.77. The van der Waals surface area contributed by atoms with Gasteiger partial charge in [-0.05, 0) is 36.1 Å². The molecule has 2 rings (SSSR count). The van der Waals surface area contributed by atoms with Crippen molar-refractivity contribution in [2.45, 2.75) is 39.3 Å². The zero-order chi connectivity index (χ0) is 14.4. The number of hydrogen-bond donors (Lipinski definition) is 1. The molecule has 1 nitrogen and oxygen atoms in total. The fraction of sp³-hybridized carbons (Fsp3) is 0.333. The monoisotopic (exact) mass is 271 g/mol. The molecular formula is C18H22FN. The average Bonchev–Trinajstić information content (AvgIpc) is 2.48. The van der Waals surface area contributed by atoms with Crippen LogP contribution < -0.4 is 5.32 Å². The van der Waals surface area contributed by atoms with Gasteiger partial charge in [-0.15, -0.1) is 0 Å². The smallest absolute Gasteiger partial charge is 0.126 e. The van der Waals surface area contributed by atoms with E-state index < -0.39 is 0 Å². The van der Waals surface area contributed by atoms with Crippen LogP contribution in [0.4, 0.5) is 4.39 Å². The molecule has 0 bridgehead atoms. The predicted molar refractivity (Wildman–Crippen MR) is 82.1 cm³/mol. The molecule has 0 aromatic heterocycles. The van der Waals surface area contributed by atoms with E-state index in [1.807, 2.05) is 18.2 Å². The maximum atomic E-state index is 13.5. The Balaban J connectivity index is 2.03. The number of nitrogens with one attached hydrogen (secondary N) is 1. The Morgan fingerprint density at radius 3 is 2.50 bits per heavy atom. The third-order valence-electron chi connectivity index (χ3n) is 3.57. The minimum atomic E-state index is -0.129. The minimum Gasteiger partial charge on any atom is -0.306 e. The van der Waals surface area contributed by atoms with Crippen LogP contribution in [0.3, 0.4) is 0 Å². The van der Waals surface area contributed by atoms with Gasteiger partial charge in [0.05, 0.1) is 0 Å². The molecule has 106 valence electrons. The molecule has 0 aliphatic rings. The Morgan fingerprint density at radius 1 is 1.10 bits per heavy atom. The van der Waals surface area contributed by atoms with E-state index in [0.717, 1.165) is 18.4 Å². The normalized spacial score (nSPS) is 12.3. The Hall–Kier alpha value is -1.67. The van der Waals surface area contributed by atoms with E-state index in [-0.39, 0.29) is 5.82 Å². The molecule has 1 N–H and O–H groups in total.